The van der Waals surface area contributed by atoms with Gasteiger partial charge in [0.25, 0.3) is 8.32 Å². The summed E-state index contributed by atoms with van der Waals surface area (Å²) in [6, 6.07) is 8.77. The molecule has 1 aromatic rings. The fourth-order valence-electron chi connectivity index (χ4n) is 1.83. The largest absolute Gasteiger partial charge is 0.518 e. The Morgan fingerprint density at radius 2 is 1.75 bits per heavy atom. The van der Waals surface area contributed by atoms with Crippen LogP contribution in [0.3, 0.4) is 0 Å². The van der Waals surface area contributed by atoms with Crippen LogP contribution in [0.1, 0.15) is 33.3 Å². The number of carbonyl (C=O) groups is 2. The van der Waals surface area contributed by atoms with Gasteiger partial charge in [0.1, 0.15) is 6.04 Å². The number of carbonyl (C=O) groups excluding carboxylic acids is 2. The molecule has 0 bridgehead atoms. The molecule has 0 aliphatic carbocycles. The molecule has 0 fully saturated rings. The number of alkyl carbamates (subject to hydrolysis) is 1. The Morgan fingerprint density at radius 1 is 1.17 bits per heavy atom. The fourth-order valence-corrected chi connectivity index (χ4v) is 2.79. The first-order valence-electron chi connectivity index (χ1n) is 8.27. The highest BCUT2D eigenvalue weighted by molar-refractivity contribution is 6.75. The highest BCUT2D eigenvalue weighted by Crippen LogP contribution is 2.36. The molecule has 6 heteroatoms. The summed E-state index contributed by atoms with van der Waals surface area (Å²) < 4.78 is 10.8. The van der Waals surface area contributed by atoms with E-state index in [0.717, 1.165) is 5.56 Å². The van der Waals surface area contributed by atoms with Crippen LogP contribution < -0.4 is 5.32 Å². The van der Waals surface area contributed by atoms with Crippen molar-refractivity contribution in [1.82, 2.24) is 5.32 Å². The van der Waals surface area contributed by atoms with Gasteiger partial charge in [0.05, 0.1) is 6.61 Å². The Bertz CT molecular complexity index is 552. The second-order valence-corrected chi connectivity index (χ2v) is 12.0. The number of rotatable bonds is 6. The van der Waals surface area contributed by atoms with E-state index < -0.39 is 26.4 Å². The summed E-state index contributed by atoms with van der Waals surface area (Å²) in [5, 5.41) is 2.53. The van der Waals surface area contributed by atoms with Gasteiger partial charge >= 0.3 is 12.1 Å². The molecular formula is C18H29NO4Si. The summed E-state index contributed by atoms with van der Waals surface area (Å²) in [6.45, 7) is 12.2. The van der Waals surface area contributed by atoms with Crippen molar-refractivity contribution >= 4 is 20.4 Å². The summed E-state index contributed by atoms with van der Waals surface area (Å²) in [4.78, 5) is 24.5. The molecule has 0 aliphatic rings. The second-order valence-electron chi connectivity index (χ2n) is 7.29. The molecule has 1 unspecified atom stereocenters. The van der Waals surface area contributed by atoms with Crippen LogP contribution in [0, 0.1) is 0 Å². The Morgan fingerprint density at radius 3 is 2.25 bits per heavy atom. The summed E-state index contributed by atoms with van der Waals surface area (Å²) in [7, 11) is -2.26. The zero-order valence-electron chi connectivity index (χ0n) is 15.5. The van der Waals surface area contributed by atoms with Crippen LogP contribution in [-0.4, -0.2) is 33.0 Å². The van der Waals surface area contributed by atoms with Crippen molar-refractivity contribution in [3.63, 3.8) is 0 Å². The topological polar surface area (TPSA) is 64.6 Å². The van der Waals surface area contributed by atoms with E-state index in [4.69, 9.17) is 9.16 Å². The Kier molecular flexibility index (Phi) is 7.02. The molecule has 1 amide bonds. The van der Waals surface area contributed by atoms with Gasteiger partial charge in [0, 0.05) is 6.42 Å². The van der Waals surface area contributed by atoms with Crippen molar-refractivity contribution in [2.45, 2.75) is 58.3 Å². The monoisotopic (exact) mass is 351 g/mol. The standard InChI is InChI=1S/C18H29NO4Si/c1-7-22-17(21)19-15(13-14-11-9-8-10-12-14)16(20)23-24(5,6)18(2,3)4/h8-12,15H,7,13H2,1-6H3,(H,19,21). The van der Waals surface area contributed by atoms with Crippen LogP contribution in [0.15, 0.2) is 30.3 Å². The van der Waals surface area contributed by atoms with Gasteiger partial charge in [-0.15, -0.1) is 0 Å². The summed E-state index contributed by atoms with van der Waals surface area (Å²) in [5.41, 5.74) is 0.950. The molecule has 0 aromatic heterocycles. The average molecular weight is 352 g/mol. The predicted octanol–water partition coefficient (Wildman–Crippen LogP) is 3.89. The quantitative estimate of drug-likeness (QED) is 0.790. The second kappa shape index (κ2) is 8.33. The maximum Gasteiger partial charge on any atom is 0.407 e. The van der Waals surface area contributed by atoms with Crippen LogP contribution in [0.5, 0.6) is 0 Å². The molecule has 0 radical (unpaired) electrons. The maximum atomic E-state index is 12.7. The minimum absolute atomic E-state index is 0.0934. The van der Waals surface area contributed by atoms with E-state index in [2.05, 4.69) is 26.1 Å². The normalized spacial score (nSPS) is 13.1. The third kappa shape index (κ3) is 6.00. The van der Waals surface area contributed by atoms with Gasteiger partial charge in [-0.3, -0.25) is 4.79 Å². The van der Waals surface area contributed by atoms with Gasteiger partial charge in [-0.25, -0.2) is 4.79 Å². The van der Waals surface area contributed by atoms with Crippen LogP contribution in [0.25, 0.3) is 0 Å². The van der Waals surface area contributed by atoms with E-state index in [-0.39, 0.29) is 11.6 Å². The van der Waals surface area contributed by atoms with Gasteiger partial charge < -0.3 is 14.5 Å². The summed E-state index contributed by atoms with van der Waals surface area (Å²) >= 11 is 0. The van der Waals surface area contributed by atoms with Gasteiger partial charge in [-0.2, -0.15) is 0 Å². The third-order valence-electron chi connectivity index (χ3n) is 4.30. The van der Waals surface area contributed by atoms with Crippen molar-refractivity contribution in [2.75, 3.05) is 6.61 Å². The summed E-state index contributed by atoms with van der Waals surface area (Å²) in [5.74, 6) is -0.404. The van der Waals surface area contributed by atoms with Crippen molar-refractivity contribution in [3.8, 4) is 0 Å². The molecule has 1 rings (SSSR count). The van der Waals surface area contributed by atoms with E-state index in [1.165, 1.54) is 0 Å². The molecule has 24 heavy (non-hydrogen) atoms. The number of hydrogen-bond acceptors (Lipinski definition) is 4. The lowest BCUT2D eigenvalue weighted by molar-refractivity contribution is -0.137. The first-order chi connectivity index (χ1) is 11.1. The Labute approximate surface area is 145 Å². The number of ether oxygens (including phenoxy) is 1. The molecule has 1 N–H and O–H groups in total. The molecule has 0 heterocycles. The number of benzene rings is 1. The molecule has 5 nitrogen and oxygen atoms in total. The fraction of sp³-hybridized carbons (Fsp3) is 0.556. The maximum absolute atomic E-state index is 12.7. The SMILES string of the molecule is CCOC(=O)NC(Cc1ccccc1)C(=O)O[Si](C)(C)C(C)(C)C. The first-order valence-corrected chi connectivity index (χ1v) is 11.2. The van der Waals surface area contributed by atoms with E-state index >= 15 is 0 Å². The van der Waals surface area contributed by atoms with Gasteiger partial charge in [0.15, 0.2) is 0 Å². The van der Waals surface area contributed by atoms with Crippen LogP contribution in [-0.2, 0) is 20.4 Å². The van der Waals surface area contributed by atoms with Gasteiger partial charge in [-0.1, -0.05) is 51.1 Å². The van der Waals surface area contributed by atoms with Crippen molar-refractivity contribution in [3.05, 3.63) is 35.9 Å². The van der Waals surface area contributed by atoms with Gasteiger partial charge in [-0.05, 0) is 30.6 Å². The first kappa shape index (κ1) is 20.2. The van der Waals surface area contributed by atoms with Gasteiger partial charge in [0.2, 0.25) is 0 Å². The lowest BCUT2D eigenvalue weighted by atomic mass is 10.1. The third-order valence-corrected chi connectivity index (χ3v) is 8.62. The molecular weight excluding hydrogens is 322 g/mol. The summed E-state index contributed by atoms with van der Waals surface area (Å²) in [6.07, 6.45) is -0.238. The van der Waals surface area contributed by atoms with Crippen molar-refractivity contribution in [2.24, 2.45) is 0 Å². The number of nitrogens with one attached hydrogen (secondary N) is 1. The van der Waals surface area contributed by atoms with E-state index in [9.17, 15) is 9.59 Å². The Hall–Kier alpha value is -1.82. The van der Waals surface area contributed by atoms with E-state index in [1.807, 2.05) is 43.4 Å². The predicted molar refractivity (Wildman–Crippen MR) is 97.4 cm³/mol. The van der Waals surface area contributed by atoms with Crippen molar-refractivity contribution in [1.29, 1.82) is 0 Å². The molecule has 0 spiro atoms. The molecule has 0 saturated carbocycles. The van der Waals surface area contributed by atoms with E-state index in [0.29, 0.717) is 6.42 Å². The molecule has 0 saturated heterocycles. The zero-order chi connectivity index (χ0) is 18.4. The minimum Gasteiger partial charge on any atom is -0.518 e. The Balaban J connectivity index is 2.91. The van der Waals surface area contributed by atoms with Crippen LogP contribution in [0.2, 0.25) is 18.1 Å². The highest BCUT2D eigenvalue weighted by Gasteiger charge is 2.41. The van der Waals surface area contributed by atoms with Crippen molar-refractivity contribution < 1.29 is 18.8 Å². The smallest absolute Gasteiger partial charge is 0.407 e. The van der Waals surface area contributed by atoms with E-state index in [1.54, 1.807) is 6.92 Å². The number of hydrogen-bond donors (Lipinski definition) is 1. The highest BCUT2D eigenvalue weighted by atomic mass is 28.4. The lowest BCUT2D eigenvalue weighted by Crippen LogP contribution is -2.50. The number of amides is 1. The van der Waals surface area contributed by atoms with Crippen LogP contribution in [0.4, 0.5) is 4.79 Å². The molecule has 134 valence electrons. The molecule has 1 aromatic carbocycles. The van der Waals surface area contributed by atoms with Crippen LogP contribution >= 0.6 is 0 Å². The molecule has 0 aliphatic heterocycles. The molecule has 1 atom stereocenters. The zero-order valence-corrected chi connectivity index (χ0v) is 16.5. The minimum atomic E-state index is -2.26. The average Bonchev–Trinajstić information content (AvgIpc) is 2.46. The lowest BCUT2D eigenvalue weighted by Gasteiger charge is -2.36.